The molecule has 2 atom stereocenters. The van der Waals surface area contributed by atoms with Crippen molar-refractivity contribution in [3.05, 3.63) is 11.3 Å². The lowest BCUT2D eigenvalue weighted by molar-refractivity contribution is -0.150. The number of unbranched alkanes of at least 4 members (excludes halogenated alkanes) is 18. The van der Waals surface area contributed by atoms with E-state index in [0.717, 1.165) is 31.4 Å². The molecule has 222 valence electrons. The highest BCUT2D eigenvalue weighted by atomic mass is 16.5. The third-order valence-corrected chi connectivity index (χ3v) is 7.95. The van der Waals surface area contributed by atoms with Gasteiger partial charge in [0.1, 0.15) is 0 Å². The van der Waals surface area contributed by atoms with E-state index in [2.05, 4.69) is 19.2 Å². The van der Waals surface area contributed by atoms with E-state index in [9.17, 15) is 9.59 Å². The van der Waals surface area contributed by atoms with Gasteiger partial charge < -0.3 is 14.8 Å². The third kappa shape index (κ3) is 16.4. The van der Waals surface area contributed by atoms with Gasteiger partial charge >= 0.3 is 11.9 Å². The summed E-state index contributed by atoms with van der Waals surface area (Å²) in [5.41, 5.74) is 1.42. The van der Waals surface area contributed by atoms with E-state index < -0.39 is 0 Å². The summed E-state index contributed by atoms with van der Waals surface area (Å²) in [5.74, 6) is -0.833. The van der Waals surface area contributed by atoms with Gasteiger partial charge in [-0.3, -0.25) is 4.79 Å². The van der Waals surface area contributed by atoms with Crippen LogP contribution in [0.2, 0.25) is 0 Å². The van der Waals surface area contributed by atoms with Crippen molar-refractivity contribution in [3.8, 4) is 0 Å². The summed E-state index contributed by atoms with van der Waals surface area (Å²) in [4.78, 5) is 25.5. The molecule has 0 saturated heterocycles. The summed E-state index contributed by atoms with van der Waals surface area (Å²) >= 11 is 0. The summed E-state index contributed by atoms with van der Waals surface area (Å²) in [6, 6.07) is -0.0475. The number of carbonyl (C=O) groups is 2. The fourth-order valence-corrected chi connectivity index (χ4v) is 5.31. The molecular weight excluding hydrogens is 474 g/mol. The first-order valence-corrected chi connectivity index (χ1v) is 16.3. The van der Waals surface area contributed by atoms with Crippen LogP contribution in [-0.4, -0.2) is 31.2 Å². The first-order chi connectivity index (χ1) is 18.5. The summed E-state index contributed by atoms with van der Waals surface area (Å²) in [6.45, 7) is 9.32. The van der Waals surface area contributed by atoms with Gasteiger partial charge in [-0.05, 0) is 33.1 Å². The molecular formula is C33H61NO4. The molecule has 0 aromatic rings. The van der Waals surface area contributed by atoms with Gasteiger partial charge in [0.25, 0.3) is 0 Å². The molecule has 0 fully saturated rings. The normalized spacial score (nSPS) is 17.4. The smallest absolute Gasteiger partial charge is 0.335 e. The van der Waals surface area contributed by atoms with Gasteiger partial charge in [-0.25, -0.2) is 4.79 Å². The molecule has 1 N–H and O–H groups in total. The average molecular weight is 536 g/mol. The minimum Gasteiger partial charge on any atom is -0.465 e. The minimum atomic E-state index is -0.346. The second-order valence-electron chi connectivity index (χ2n) is 11.5. The molecule has 5 heteroatoms. The number of hydrogen-bond donors (Lipinski definition) is 1. The van der Waals surface area contributed by atoms with Crippen molar-refractivity contribution < 1.29 is 19.1 Å². The van der Waals surface area contributed by atoms with Crippen LogP contribution in [-0.2, 0) is 19.1 Å². The fourth-order valence-electron chi connectivity index (χ4n) is 5.31. The highest BCUT2D eigenvalue weighted by Crippen LogP contribution is 2.26. The molecule has 38 heavy (non-hydrogen) atoms. The third-order valence-electron chi connectivity index (χ3n) is 7.95. The molecule has 0 aromatic heterocycles. The number of allylic oxidation sites excluding steroid dienone is 1. The van der Waals surface area contributed by atoms with Gasteiger partial charge in [0.2, 0.25) is 0 Å². The Morgan fingerprint density at radius 1 is 0.658 bits per heavy atom. The van der Waals surface area contributed by atoms with Crippen molar-refractivity contribution >= 4 is 11.9 Å². The Morgan fingerprint density at radius 3 is 1.50 bits per heavy atom. The number of rotatable bonds is 24. The van der Waals surface area contributed by atoms with Crippen LogP contribution < -0.4 is 5.32 Å². The summed E-state index contributed by atoms with van der Waals surface area (Å²) < 4.78 is 11.2. The van der Waals surface area contributed by atoms with Crippen molar-refractivity contribution in [2.24, 2.45) is 5.92 Å². The number of carbonyl (C=O) groups excluding carboxylic acids is 2. The zero-order chi connectivity index (χ0) is 27.8. The van der Waals surface area contributed by atoms with Crippen LogP contribution in [0.3, 0.4) is 0 Å². The van der Waals surface area contributed by atoms with Crippen molar-refractivity contribution in [2.45, 2.75) is 169 Å². The molecule has 0 bridgehead atoms. The summed E-state index contributed by atoms with van der Waals surface area (Å²) in [7, 11) is 0. The quantitative estimate of drug-likeness (QED) is 0.0985. The van der Waals surface area contributed by atoms with Crippen LogP contribution in [0.4, 0.5) is 0 Å². The van der Waals surface area contributed by atoms with Crippen molar-refractivity contribution in [3.63, 3.8) is 0 Å². The lowest BCUT2D eigenvalue weighted by atomic mass is 9.88. The van der Waals surface area contributed by atoms with E-state index in [1.165, 1.54) is 103 Å². The molecule has 0 amide bonds. The Hall–Kier alpha value is -1.52. The van der Waals surface area contributed by atoms with Crippen LogP contribution in [0.5, 0.6) is 0 Å². The molecule has 1 aliphatic heterocycles. The Bertz CT molecular complexity index is 645. The predicted molar refractivity (Wildman–Crippen MR) is 159 cm³/mol. The van der Waals surface area contributed by atoms with Gasteiger partial charge in [0.15, 0.2) is 0 Å². The zero-order valence-corrected chi connectivity index (χ0v) is 25.6. The molecule has 1 aliphatic rings. The summed E-state index contributed by atoms with van der Waals surface area (Å²) in [5, 5.41) is 3.30. The van der Waals surface area contributed by atoms with Crippen molar-refractivity contribution in [1.29, 1.82) is 0 Å². The van der Waals surface area contributed by atoms with Gasteiger partial charge in [0.05, 0.1) is 24.7 Å². The Morgan fingerprint density at radius 2 is 1.05 bits per heavy atom. The molecule has 1 heterocycles. The van der Waals surface area contributed by atoms with Gasteiger partial charge in [-0.15, -0.1) is 0 Å². The number of nitrogens with one attached hydrogen (secondary N) is 1. The van der Waals surface area contributed by atoms with Crippen LogP contribution in [0.1, 0.15) is 163 Å². The van der Waals surface area contributed by atoms with Crippen LogP contribution in [0.25, 0.3) is 0 Å². The molecule has 0 spiro atoms. The van der Waals surface area contributed by atoms with Gasteiger partial charge in [-0.2, -0.15) is 0 Å². The largest absolute Gasteiger partial charge is 0.465 e. The molecule has 1 rings (SSSR count). The average Bonchev–Trinajstić information content (AvgIpc) is 2.90. The van der Waals surface area contributed by atoms with E-state index in [0.29, 0.717) is 25.2 Å². The van der Waals surface area contributed by atoms with E-state index in [-0.39, 0.29) is 23.9 Å². The maximum atomic E-state index is 12.8. The Kier molecular flexibility index (Phi) is 21.2. The van der Waals surface area contributed by atoms with Crippen LogP contribution >= 0.6 is 0 Å². The SMILES string of the molecule is CCCCCCCCCCCCOC(=O)C1=C(C)NC(C)C(C(=O)OCCCCCCCCCCCC)C1. The number of esters is 2. The second-order valence-corrected chi connectivity index (χ2v) is 11.5. The zero-order valence-electron chi connectivity index (χ0n) is 25.6. The first kappa shape index (κ1) is 34.5. The minimum absolute atomic E-state index is 0.0475. The molecule has 0 aliphatic carbocycles. The van der Waals surface area contributed by atoms with Gasteiger partial charge in [0, 0.05) is 11.7 Å². The van der Waals surface area contributed by atoms with Gasteiger partial charge in [-0.1, -0.05) is 129 Å². The highest BCUT2D eigenvalue weighted by molar-refractivity contribution is 5.91. The molecule has 5 nitrogen and oxygen atoms in total. The van der Waals surface area contributed by atoms with E-state index in [1.807, 2.05) is 13.8 Å². The first-order valence-electron chi connectivity index (χ1n) is 16.3. The predicted octanol–water partition coefficient (Wildman–Crippen LogP) is 9.19. The van der Waals surface area contributed by atoms with E-state index in [4.69, 9.17) is 9.47 Å². The lowest BCUT2D eigenvalue weighted by Crippen LogP contribution is -2.43. The van der Waals surface area contributed by atoms with Crippen molar-refractivity contribution in [2.75, 3.05) is 13.2 Å². The topological polar surface area (TPSA) is 64.6 Å². The monoisotopic (exact) mass is 535 g/mol. The fraction of sp³-hybridized carbons (Fsp3) is 0.879. The number of hydrogen-bond acceptors (Lipinski definition) is 5. The molecule has 0 aromatic carbocycles. The standard InChI is InChI=1S/C33H61NO4/c1-5-7-9-11-13-15-17-19-21-23-25-37-32(35)30-27-31(29(4)34-28(30)3)33(36)38-26-24-22-20-18-16-14-12-10-8-6-2/h28,30,34H,5-27H2,1-4H3. The lowest BCUT2D eigenvalue weighted by Gasteiger charge is -2.31. The van der Waals surface area contributed by atoms with Crippen LogP contribution in [0.15, 0.2) is 11.3 Å². The maximum absolute atomic E-state index is 12.8. The van der Waals surface area contributed by atoms with Crippen LogP contribution in [0, 0.1) is 5.92 Å². The Labute approximate surface area is 235 Å². The Balaban J connectivity index is 2.17. The highest BCUT2D eigenvalue weighted by Gasteiger charge is 2.34. The molecule has 0 saturated carbocycles. The van der Waals surface area contributed by atoms with E-state index in [1.54, 1.807) is 0 Å². The second kappa shape index (κ2) is 23.4. The summed E-state index contributed by atoms with van der Waals surface area (Å²) in [6.07, 6.45) is 25.5. The molecule has 0 radical (unpaired) electrons. The maximum Gasteiger partial charge on any atom is 0.335 e. The number of ether oxygens (including phenoxy) is 2. The van der Waals surface area contributed by atoms with E-state index >= 15 is 0 Å². The van der Waals surface area contributed by atoms with Crippen molar-refractivity contribution in [1.82, 2.24) is 5.32 Å². The molecule has 2 unspecified atom stereocenters.